The summed E-state index contributed by atoms with van der Waals surface area (Å²) in [5, 5.41) is 7.73. The molecule has 1 saturated heterocycles. The van der Waals surface area contributed by atoms with E-state index in [1.165, 1.54) is 11.3 Å². The van der Waals surface area contributed by atoms with Gasteiger partial charge in [0.1, 0.15) is 0 Å². The maximum absolute atomic E-state index is 12.9. The number of fused-ring (bicyclic) bond motifs is 2. The molecule has 11 heteroatoms. The van der Waals surface area contributed by atoms with Crippen LogP contribution in [0.5, 0.6) is 0 Å². The van der Waals surface area contributed by atoms with Gasteiger partial charge in [-0.2, -0.15) is 0 Å². The molecule has 5 rings (SSSR count). The van der Waals surface area contributed by atoms with Crippen molar-refractivity contribution >= 4 is 67.1 Å². The monoisotopic (exact) mass is 511 g/mol. The van der Waals surface area contributed by atoms with E-state index in [4.69, 9.17) is 11.6 Å². The third-order valence-corrected chi connectivity index (χ3v) is 7.21. The number of imidazole rings is 1. The fourth-order valence-electron chi connectivity index (χ4n) is 4.24. The zero-order valence-corrected chi connectivity index (χ0v) is 21.3. The molecule has 1 fully saturated rings. The largest absolute Gasteiger partial charge is 0.347 e. The Labute approximate surface area is 211 Å². The standard InChI is InChI=1S/C24H26ClN7O2S/c1-30(2)13-21(33)32-9-8-16(12-32)26-22(34)14-4-7-19-18(10-14)27-23(31(19)3)29-24-28-17-6-5-15(25)11-20(17)35-24/h4-7,10-11,16H,8-9,12-13H2,1-3H3,(H,26,34)(H,27,28,29)/t16-/m1/s1. The van der Waals surface area contributed by atoms with Gasteiger partial charge in [0.15, 0.2) is 5.13 Å². The first-order valence-electron chi connectivity index (χ1n) is 11.3. The Kier molecular flexibility index (Phi) is 6.35. The molecule has 2 N–H and O–H groups in total. The number of hydrogen-bond acceptors (Lipinski definition) is 7. The van der Waals surface area contributed by atoms with Crippen LogP contribution in [0, 0.1) is 0 Å². The number of thiazole rings is 1. The number of likely N-dealkylation sites (N-methyl/N-ethyl adjacent to an activating group) is 1. The van der Waals surface area contributed by atoms with Crippen molar-refractivity contribution in [3.8, 4) is 0 Å². The maximum atomic E-state index is 12.9. The lowest BCUT2D eigenvalue weighted by molar-refractivity contribution is -0.130. The molecule has 0 bridgehead atoms. The molecule has 4 aromatic rings. The number of aryl methyl sites for hydroxylation is 1. The van der Waals surface area contributed by atoms with Gasteiger partial charge in [-0.15, -0.1) is 0 Å². The zero-order valence-electron chi connectivity index (χ0n) is 19.7. The molecule has 0 aliphatic carbocycles. The Morgan fingerprint density at radius 3 is 2.80 bits per heavy atom. The van der Waals surface area contributed by atoms with Crippen LogP contribution in [0.1, 0.15) is 16.8 Å². The first-order valence-corrected chi connectivity index (χ1v) is 12.5. The molecule has 1 atom stereocenters. The second-order valence-corrected chi connectivity index (χ2v) is 10.5. The highest BCUT2D eigenvalue weighted by Crippen LogP contribution is 2.31. The molecule has 9 nitrogen and oxygen atoms in total. The second kappa shape index (κ2) is 9.44. The summed E-state index contributed by atoms with van der Waals surface area (Å²) in [6.07, 6.45) is 0.748. The van der Waals surface area contributed by atoms with E-state index in [1.807, 2.05) is 54.9 Å². The van der Waals surface area contributed by atoms with Crippen LogP contribution in [-0.2, 0) is 11.8 Å². The van der Waals surface area contributed by atoms with Crippen molar-refractivity contribution in [3.63, 3.8) is 0 Å². The summed E-state index contributed by atoms with van der Waals surface area (Å²) in [5.41, 5.74) is 3.01. The molecule has 1 aliphatic heterocycles. The number of nitrogens with one attached hydrogen (secondary N) is 2. The molecule has 0 unspecified atom stereocenters. The Balaban J connectivity index is 1.29. The minimum Gasteiger partial charge on any atom is -0.347 e. The summed E-state index contributed by atoms with van der Waals surface area (Å²) in [6, 6.07) is 11.0. The van der Waals surface area contributed by atoms with Gasteiger partial charge >= 0.3 is 0 Å². The van der Waals surface area contributed by atoms with Crippen LogP contribution >= 0.6 is 22.9 Å². The maximum Gasteiger partial charge on any atom is 0.251 e. The molecular formula is C24H26ClN7O2S. The number of halogens is 1. The average Bonchev–Trinajstić information content (AvgIpc) is 3.51. The summed E-state index contributed by atoms with van der Waals surface area (Å²) >= 11 is 7.59. The quantitative estimate of drug-likeness (QED) is 0.411. The van der Waals surface area contributed by atoms with Crippen LogP contribution in [0.3, 0.4) is 0 Å². The van der Waals surface area contributed by atoms with E-state index >= 15 is 0 Å². The van der Waals surface area contributed by atoms with Crippen LogP contribution < -0.4 is 10.6 Å². The van der Waals surface area contributed by atoms with Crippen LogP contribution in [0.15, 0.2) is 36.4 Å². The average molecular weight is 512 g/mol. The highest BCUT2D eigenvalue weighted by molar-refractivity contribution is 7.22. The van der Waals surface area contributed by atoms with Gasteiger partial charge in [-0.3, -0.25) is 9.59 Å². The second-order valence-electron chi connectivity index (χ2n) is 8.99. The number of amides is 2. The van der Waals surface area contributed by atoms with Crippen LogP contribution in [0.25, 0.3) is 21.3 Å². The lowest BCUT2D eigenvalue weighted by atomic mass is 10.1. The van der Waals surface area contributed by atoms with Crippen molar-refractivity contribution in [3.05, 3.63) is 47.0 Å². The molecule has 0 saturated carbocycles. The van der Waals surface area contributed by atoms with Gasteiger partial charge in [-0.05, 0) is 56.9 Å². The van der Waals surface area contributed by atoms with Crippen molar-refractivity contribution in [1.29, 1.82) is 0 Å². The topological polar surface area (TPSA) is 95.4 Å². The number of likely N-dealkylation sites (tertiary alicyclic amines) is 1. The molecule has 1 aliphatic rings. The number of aromatic nitrogens is 3. The summed E-state index contributed by atoms with van der Waals surface area (Å²) in [5.74, 6) is 0.550. The molecule has 182 valence electrons. The predicted molar refractivity (Wildman–Crippen MR) is 140 cm³/mol. The molecule has 0 radical (unpaired) electrons. The van der Waals surface area contributed by atoms with Crippen molar-refractivity contribution in [2.45, 2.75) is 12.5 Å². The SMILES string of the molecule is CN(C)CC(=O)N1CC[C@@H](NC(=O)c2ccc3c(c2)nc(Nc2nc4ccc(Cl)cc4s2)n3C)C1. The third-order valence-electron chi connectivity index (χ3n) is 6.04. The fraction of sp³-hybridized carbons (Fsp3) is 0.333. The number of hydrogen-bond donors (Lipinski definition) is 2. The van der Waals surface area contributed by atoms with Crippen LogP contribution in [0.2, 0.25) is 5.02 Å². The smallest absolute Gasteiger partial charge is 0.251 e. The van der Waals surface area contributed by atoms with E-state index in [1.54, 1.807) is 17.0 Å². The third kappa shape index (κ3) is 4.95. The Hall–Kier alpha value is -3.21. The minimum absolute atomic E-state index is 0.0576. The van der Waals surface area contributed by atoms with Crippen LogP contribution in [-0.4, -0.2) is 75.9 Å². The fourth-order valence-corrected chi connectivity index (χ4v) is 5.38. The first kappa shape index (κ1) is 23.5. The zero-order chi connectivity index (χ0) is 24.7. The van der Waals surface area contributed by atoms with E-state index in [0.717, 1.165) is 22.2 Å². The lowest BCUT2D eigenvalue weighted by Crippen LogP contribution is -2.40. The van der Waals surface area contributed by atoms with Crippen LogP contribution in [0.4, 0.5) is 11.1 Å². The molecule has 3 heterocycles. The summed E-state index contributed by atoms with van der Waals surface area (Å²) in [4.78, 5) is 38.1. The highest BCUT2D eigenvalue weighted by atomic mass is 35.5. The molecule has 2 amide bonds. The highest BCUT2D eigenvalue weighted by Gasteiger charge is 2.27. The predicted octanol–water partition coefficient (Wildman–Crippen LogP) is 3.47. The summed E-state index contributed by atoms with van der Waals surface area (Å²) < 4.78 is 2.92. The van der Waals surface area contributed by atoms with Gasteiger partial charge in [0, 0.05) is 36.8 Å². The minimum atomic E-state index is -0.165. The normalized spacial score (nSPS) is 15.9. The van der Waals surface area contributed by atoms with Crippen molar-refractivity contribution in [2.75, 3.05) is 39.0 Å². The Bertz CT molecular complexity index is 1430. The number of anilines is 2. The molecular weight excluding hydrogens is 486 g/mol. The number of benzene rings is 2. The first-order chi connectivity index (χ1) is 16.8. The van der Waals surface area contributed by atoms with Gasteiger partial charge in [0.25, 0.3) is 5.91 Å². The Morgan fingerprint density at radius 2 is 2.00 bits per heavy atom. The molecule has 2 aromatic heterocycles. The van der Waals surface area contributed by atoms with Gasteiger partial charge in [0.2, 0.25) is 11.9 Å². The van der Waals surface area contributed by atoms with E-state index in [2.05, 4.69) is 20.6 Å². The molecule has 35 heavy (non-hydrogen) atoms. The van der Waals surface area contributed by atoms with E-state index in [9.17, 15) is 9.59 Å². The van der Waals surface area contributed by atoms with E-state index < -0.39 is 0 Å². The summed E-state index contributed by atoms with van der Waals surface area (Å²) in [7, 11) is 5.66. The van der Waals surface area contributed by atoms with Gasteiger partial charge in [-0.1, -0.05) is 22.9 Å². The number of nitrogens with zero attached hydrogens (tertiary/aromatic N) is 5. The van der Waals surface area contributed by atoms with Gasteiger partial charge < -0.3 is 25.0 Å². The van der Waals surface area contributed by atoms with E-state index in [-0.39, 0.29) is 17.9 Å². The molecule has 0 spiro atoms. The van der Waals surface area contributed by atoms with Crippen molar-refractivity contribution < 1.29 is 9.59 Å². The number of carbonyl (C=O) groups is 2. The van der Waals surface area contributed by atoms with Crippen molar-refractivity contribution in [2.24, 2.45) is 7.05 Å². The number of rotatable bonds is 6. The lowest BCUT2D eigenvalue weighted by Gasteiger charge is -2.19. The Morgan fingerprint density at radius 1 is 1.17 bits per heavy atom. The summed E-state index contributed by atoms with van der Waals surface area (Å²) in [6.45, 7) is 1.56. The van der Waals surface area contributed by atoms with Gasteiger partial charge in [-0.25, -0.2) is 9.97 Å². The van der Waals surface area contributed by atoms with Gasteiger partial charge in [0.05, 0.1) is 27.8 Å². The van der Waals surface area contributed by atoms with Crippen molar-refractivity contribution in [1.82, 2.24) is 29.7 Å². The number of carbonyl (C=O) groups excluding carboxylic acids is 2. The van der Waals surface area contributed by atoms with E-state index in [0.29, 0.717) is 46.8 Å². The molecule has 2 aromatic carbocycles.